The zero-order valence-corrected chi connectivity index (χ0v) is 19.8. The van der Waals surface area contributed by atoms with Crippen molar-refractivity contribution in [2.75, 3.05) is 18.5 Å². The molecule has 0 bridgehead atoms. The molecule has 178 valence electrons. The highest BCUT2D eigenvalue weighted by Crippen LogP contribution is 2.32. The molecule has 0 saturated heterocycles. The minimum atomic E-state index is -0.486. The van der Waals surface area contributed by atoms with Crippen LogP contribution in [0.5, 0.6) is 5.75 Å². The van der Waals surface area contributed by atoms with Crippen LogP contribution < -0.4 is 15.5 Å². The Morgan fingerprint density at radius 3 is 2.40 bits per heavy atom. The number of rotatable bonds is 7. The fourth-order valence-electron chi connectivity index (χ4n) is 3.45. The Bertz CT molecular complexity index is 1440. The number of ether oxygens (including phenoxy) is 2. The lowest BCUT2D eigenvalue weighted by atomic mass is 10.1. The van der Waals surface area contributed by atoms with Crippen molar-refractivity contribution in [3.63, 3.8) is 0 Å². The Morgan fingerprint density at radius 2 is 1.71 bits per heavy atom. The molecule has 0 radical (unpaired) electrons. The van der Waals surface area contributed by atoms with Crippen LogP contribution in [0, 0.1) is 6.92 Å². The first-order valence-corrected chi connectivity index (χ1v) is 11.3. The van der Waals surface area contributed by atoms with Gasteiger partial charge in [0.25, 0.3) is 5.91 Å². The summed E-state index contributed by atoms with van der Waals surface area (Å²) in [4.78, 5) is 37.6. The number of hydrogen-bond donors (Lipinski definition) is 1. The van der Waals surface area contributed by atoms with Crippen LogP contribution in [-0.2, 0) is 9.53 Å². The molecule has 7 nitrogen and oxygen atoms in total. The molecule has 3 aromatic carbocycles. The van der Waals surface area contributed by atoms with Gasteiger partial charge >= 0.3 is 5.97 Å². The van der Waals surface area contributed by atoms with Crippen molar-refractivity contribution in [2.24, 2.45) is 0 Å². The number of benzene rings is 3. The second kappa shape index (κ2) is 10.4. The topological polar surface area (TPSA) is 94.8 Å². The molecule has 1 amide bonds. The largest absolute Gasteiger partial charge is 0.476 e. The third kappa shape index (κ3) is 5.53. The number of esters is 1. The van der Waals surface area contributed by atoms with E-state index in [-0.39, 0.29) is 23.5 Å². The standard InChI is InChI=1S/C27H22ClNO6/c1-3-33-27(32)18-7-11-20(12-8-18)29-23(30)15-34-26-24(31)21-14-16(2)4-13-22(21)35-25(26)17-5-9-19(28)10-6-17/h4-14H,3,15H2,1-2H3,(H,29,30). The number of carbonyl (C=O) groups excluding carboxylic acids is 2. The van der Waals surface area contributed by atoms with E-state index in [1.54, 1.807) is 67.6 Å². The molecule has 35 heavy (non-hydrogen) atoms. The molecule has 0 unspecified atom stereocenters. The fraction of sp³-hybridized carbons (Fsp3) is 0.148. The van der Waals surface area contributed by atoms with Crippen molar-refractivity contribution in [3.05, 3.63) is 93.1 Å². The summed E-state index contributed by atoms with van der Waals surface area (Å²) in [5, 5.41) is 3.56. The van der Waals surface area contributed by atoms with Crippen LogP contribution in [0.3, 0.4) is 0 Å². The predicted octanol–water partition coefficient (Wildman–Crippen LogP) is 5.62. The van der Waals surface area contributed by atoms with Gasteiger partial charge < -0.3 is 19.2 Å². The Kier molecular flexibility index (Phi) is 7.17. The van der Waals surface area contributed by atoms with Gasteiger partial charge in [-0.25, -0.2) is 4.79 Å². The summed E-state index contributed by atoms with van der Waals surface area (Å²) in [5.74, 6) is -0.797. The zero-order valence-electron chi connectivity index (χ0n) is 19.1. The lowest BCUT2D eigenvalue weighted by Gasteiger charge is -2.12. The SMILES string of the molecule is CCOC(=O)c1ccc(NC(=O)COc2c(-c3ccc(Cl)cc3)oc3ccc(C)cc3c2=O)cc1. The van der Waals surface area contributed by atoms with Crippen LogP contribution in [-0.4, -0.2) is 25.1 Å². The van der Waals surface area contributed by atoms with Gasteiger partial charge in [-0.3, -0.25) is 9.59 Å². The third-order valence-electron chi connectivity index (χ3n) is 5.14. The number of hydrogen-bond acceptors (Lipinski definition) is 6. The lowest BCUT2D eigenvalue weighted by molar-refractivity contribution is -0.118. The van der Waals surface area contributed by atoms with E-state index in [0.29, 0.717) is 32.8 Å². The average molecular weight is 492 g/mol. The average Bonchev–Trinajstić information content (AvgIpc) is 2.85. The monoisotopic (exact) mass is 491 g/mol. The number of nitrogens with one attached hydrogen (secondary N) is 1. The van der Waals surface area contributed by atoms with Crippen LogP contribution in [0.15, 0.2) is 75.9 Å². The zero-order chi connectivity index (χ0) is 24.9. The minimum Gasteiger partial charge on any atom is -0.476 e. The van der Waals surface area contributed by atoms with Gasteiger partial charge in [0.1, 0.15) is 5.58 Å². The number of aryl methyl sites for hydroxylation is 1. The highest BCUT2D eigenvalue weighted by Gasteiger charge is 2.19. The molecule has 1 N–H and O–H groups in total. The molecule has 1 aromatic heterocycles. The molecule has 0 aliphatic carbocycles. The quantitative estimate of drug-likeness (QED) is 0.337. The van der Waals surface area contributed by atoms with Gasteiger partial charge in [0, 0.05) is 16.3 Å². The summed E-state index contributed by atoms with van der Waals surface area (Å²) in [7, 11) is 0. The Morgan fingerprint density at radius 1 is 1.00 bits per heavy atom. The third-order valence-corrected chi connectivity index (χ3v) is 5.39. The van der Waals surface area contributed by atoms with Crippen molar-refractivity contribution >= 4 is 40.1 Å². The van der Waals surface area contributed by atoms with E-state index >= 15 is 0 Å². The summed E-state index contributed by atoms with van der Waals surface area (Å²) >= 11 is 6.00. The number of amides is 1. The molecular formula is C27H22ClNO6. The van der Waals surface area contributed by atoms with E-state index in [1.807, 2.05) is 13.0 Å². The van der Waals surface area contributed by atoms with Crippen LogP contribution >= 0.6 is 11.6 Å². The molecule has 0 atom stereocenters. The van der Waals surface area contributed by atoms with Crippen LogP contribution in [0.4, 0.5) is 5.69 Å². The molecule has 8 heteroatoms. The maximum atomic E-state index is 13.3. The van der Waals surface area contributed by atoms with Crippen LogP contribution in [0.25, 0.3) is 22.3 Å². The molecule has 0 aliphatic rings. The second-order valence-electron chi connectivity index (χ2n) is 7.73. The van der Waals surface area contributed by atoms with E-state index in [2.05, 4.69) is 5.32 Å². The molecular weight excluding hydrogens is 470 g/mol. The van der Waals surface area contributed by atoms with Gasteiger partial charge in [-0.15, -0.1) is 0 Å². The van der Waals surface area contributed by atoms with Gasteiger partial charge in [0.15, 0.2) is 12.4 Å². The van der Waals surface area contributed by atoms with Crippen molar-refractivity contribution in [1.82, 2.24) is 0 Å². The first kappa shape index (κ1) is 24.0. The summed E-state index contributed by atoms with van der Waals surface area (Å²) in [6, 6.07) is 18.3. The van der Waals surface area contributed by atoms with E-state index < -0.39 is 18.5 Å². The molecule has 1 heterocycles. The molecule has 4 aromatic rings. The fourth-order valence-corrected chi connectivity index (χ4v) is 3.58. The highest BCUT2D eigenvalue weighted by atomic mass is 35.5. The smallest absolute Gasteiger partial charge is 0.338 e. The first-order chi connectivity index (χ1) is 16.9. The lowest BCUT2D eigenvalue weighted by Crippen LogP contribution is -2.22. The van der Waals surface area contributed by atoms with Gasteiger partial charge in [-0.2, -0.15) is 0 Å². The Hall–Kier alpha value is -4.10. The van der Waals surface area contributed by atoms with Gasteiger partial charge in [0.05, 0.1) is 17.6 Å². The molecule has 0 fully saturated rings. The minimum absolute atomic E-state index is 0.0711. The maximum absolute atomic E-state index is 13.3. The van der Waals surface area contributed by atoms with Crippen LogP contribution in [0.2, 0.25) is 5.02 Å². The Balaban J connectivity index is 1.58. The number of anilines is 1. The highest BCUT2D eigenvalue weighted by molar-refractivity contribution is 6.30. The van der Waals surface area contributed by atoms with Crippen molar-refractivity contribution in [1.29, 1.82) is 0 Å². The van der Waals surface area contributed by atoms with Gasteiger partial charge in [-0.05, 0) is 74.5 Å². The van der Waals surface area contributed by atoms with E-state index in [1.165, 1.54) is 0 Å². The maximum Gasteiger partial charge on any atom is 0.338 e. The molecule has 0 spiro atoms. The van der Waals surface area contributed by atoms with Crippen molar-refractivity contribution in [3.8, 4) is 17.1 Å². The number of carbonyl (C=O) groups is 2. The van der Waals surface area contributed by atoms with E-state index in [4.69, 9.17) is 25.5 Å². The van der Waals surface area contributed by atoms with E-state index in [9.17, 15) is 14.4 Å². The first-order valence-electron chi connectivity index (χ1n) is 10.9. The van der Waals surface area contributed by atoms with Gasteiger partial charge in [-0.1, -0.05) is 23.2 Å². The van der Waals surface area contributed by atoms with E-state index in [0.717, 1.165) is 5.56 Å². The second-order valence-corrected chi connectivity index (χ2v) is 8.17. The molecule has 4 rings (SSSR count). The summed E-state index contributed by atoms with van der Waals surface area (Å²) in [6.45, 7) is 3.44. The number of fused-ring (bicyclic) bond motifs is 1. The van der Waals surface area contributed by atoms with Crippen molar-refractivity contribution in [2.45, 2.75) is 13.8 Å². The number of halogens is 1. The normalized spacial score (nSPS) is 10.7. The van der Waals surface area contributed by atoms with Gasteiger partial charge in [0.2, 0.25) is 11.2 Å². The summed E-state index contributed by atoms with van der Waals surface area (Å²) in [5.41, 5.74) is 2.33. The summed E-state index contributed by atoms with van der Waals surface area (Å²) < 4.78 is 16.7. The molecule has 0 saturated carbocycles. The summed E-state index contributed by atoms with van der Waals surface area (Å²) in [6.07, 6.45) is 0. The predicted molar refractivity (Wildman–Crippen MR) is 134 cm³/mol. The molecule has 0 aliphatic heterocycles. The van der Waals surface area contributed by atoms with Crippen molar-refractivity contribution < 1.29 is 23.5 Å². The Labute approximate surface area is 206 Å². The van der Waals surface area contributed by atoms with Crippen LogP contribution in [0.1, 0.15) is 22.8 Å².